The third-order valence-corrected chi connectivity index (χ3v) is 3.23. The number of hydrogen-bond donors (Lipinski definition) is 2. The minimum Gasteiger partial charge on any atom is -0.427 e. The molecule has 2 nitrogen and oxygen atoms in total. The maximum Gasteiger partial charge on any atom is 0.452 e. The Hall–Kier alpha value is -0.795. The topological polar surface area (TPSA) is 40.5 Å². The summed E-state index contributed by atoms with van der Waals surface area (Å²) in [6.07, 6.45) is 0.349. The monoisotopic (exact) mass is 234 g/mol. The van der Waals surface area contributed by atoms with Gasteiger partial charge in [-0.2, -0.15) is 0 Å². The van der Waals surface area contributed by atoms with E-state index in [0.29, 0.717) is 6.32 Å². The van der Waals surface area contributed by atoms with E-state index in [-0.39, 0.29) is 10.8 Å². The van der Waals surface area contributed by atoms with E-state index in [1.54, 1.807) is 0 Å². The first-order chi connectivity index (χ1) is 7.63. The number of rotatable bonds is 3. The highest BCUT2D eigenvalue weighted by Gasteiger charge is 2.26. The van der Waals surface area contributed by atoms with Gasteiger partial charge in [-0.15, -0.1) is 0 Å². The molecule has 0 aliphatic rings. The molecule has 0 radical (unpaired) electrons. The van der Waals surface area contributed by atoms with Crippen LogP contribution in [0.2, 0.25) is 6.32 Å². The van der Waals surface area contributed by atoms with Gasteiger partial charge in [0, 0.05) is 0 Å². The molecule has 0 unspecified atom stereocenters. The molecule has 0 spiro atoms. The zero-order chi connectivity index (χ0) is 13.3. The van der Waals surface area contributed by atoms with E-state index in [1.807, 2.05) is 13.8 Å². The summed E-state index contributed by atoms with van der Waals surface area (Å²) in [7, 11) is -1.26. The van der Waals surface area contributed by atoms with Crippen LogP contribution in [-0.4, -0.2) is 17.2 Å². The molecule has 0 fully saturated rings. The fourth-order valence-electron chi connectivity index (χ4n) is 2.00. The summed E-state index contributed by atoms with van der Waals surface area (Å²) >= 11 is 0. The van der Waals surface area contributed by atoms with E-state index < -0.39 is 7.12 Å². The lowest BCUT2D eigenvalue weighted by atomic mass is 9.67. The molecule has 0 aromatic heterocycles. The van der Waals surface area contributed by atoms with Crippen LogP contribution < -0.4 is 0 Å². The normalized spacial score (nSPS) is 12.6. The van der Waals surface area contributed by atoms with Crippen molar-refractivity contribution in [1.82, 2.24) is 0 Å². The van der Waals surface area contributed by atoms with Crippen molar-refractivity contribution in [2.24, 2.45) is 0 Å². The van der Waals surface area contributed by atoms with Gasteiger partial charge in [0.15, 0.2) is 0 Å². The molecule has 0 amide bonds. The van der Waals surface area contributed by atoms with E-state index in [1.165, 1.54) is 5.56 Å². The minimum atomic E-state index is -1.26. The van der Waals surface area contributed by atoms with Crippen LogP contribution in [0.1, 0.15) is 45.7 Å². The lowest BCUT2D eigenvalue weighted by Gasteiger charge is -2.26. The molecule has 94 valence electrons. The molecule has 0 aliphatic carbocycles. The van der Waals surface area contributed by atoms with E-state index in [9.17, 15) is 0 Å². The molecule has 2 N–H and O–H groups in total. The molecule has 1 rings (SSSR count). The molecule has 0 saturated carbocycles. The third-order valence-electron chi connectivity index (χ3n) is 3.23. The Bertz CT molecular complexity index is 361. The standard InChI is InChI=1S/C14H23BO2/c1-13(2,3)11-6-8-12(9-7-11)14(4,5)10-15(16)17/h6-9,16-17H,10H2,1-5H3. The molecule has 0 aliphatic heterocycles. The van der Waals surface area contributed by atoms with Crippen molar-refractivity contribution in [3.8, 4) is 0 Å². The van der Waals surface area contributed by atoms with Gasteiger partial charge in [0.1, 0.15) is 0 Å². The maximum absolute atomic E-state index is 9.09. The maximum atomic E-state index is 9.09. The zero-order valence-electron chi connectivity index (χ0n) is 11.5. The second-order valence-corrected chi connectivity index (χ2v) is 6.40. The molecular weight excluding hydrogens is 211 g/mol. The molecule has 1 aromatic rings. The fraction of sp³-hybridized carbons (Fsp3) is 0.571. The Kier molecular flexibility index (Phi) is 4.05. The largest absolute Gasteiger partial charge is 0.452 e. The highest BCUT2D eigenvalue weighted by molar-refractivity contribution is 6.41. The SMILES string of the molecule is CC(C)(C)c1ccc(C(C)(C)CB(O)O)cc1. The van der Waals surface area contributed by atoms with E-state index >= 15 is 0 Å². The van der Waals surface area contributed by atoms with Crippen LogP contribution >= 0.6 is 0 Å². The molecule has 0 saturated heterocycles. The number of hydrogen-bond acceptors (Lipinski definition) is 2. The summed E-state index contributed by atoms with van der Waals surface area (Å²) in [5.41, 5.74) is 2.37. The van der Waals surface area contributed by atoms with Crippen molar-refractivity contribution in [1.29, 1.82) is 0 Å². The zero-order valence-corrected chi connectivity index (χ0v) is 11.5. The van der Waals surface area contributed by atoms with Gasteiger partial charge >= 0.3 is 7.12 Å². The van der Waals surface area contributed by atoms with E-state index in [2.05, 4.69) is 45.0 Å². The first-order valence-electron chi connectivity index (χ1n) is 6.10. The molecular formula is C14H23BO2. The van der Waals surface area contributed by atoms with Crippen molar-refractivity contribution in [3.63, 3.8) is 0 Å². The Morgan fingerprint density at radius 3 is 1.65 bits per heavy atom. The van der Waals surface area contributed by atoms with Crippen LogP contribution in [0.5, 0.6) is 0 Å². The van der Waals surface area contributed by atoms with Gasteiger partial charge in [0.25, 0.3) is 0 Å². The van der Waals surface area contributed by atoms with Crippen LogP contribution in [-0.2, 0) is 10.8 Å². The summed E-state index contributed by atoms with van der Waals surface area (Å²) in [5, 5.41) is 18.2. The quantitative estimate of drug-likeness (QED) is 0.789. The van der Waals surface area contributed by atoms with Crippen molar-refractivity contribution in [2.45, 2.75) is 51.8 Å². The van der Waals surface area contributed by atoms with Gasteiger partial charge in [-0.05, 0) is 28.3 Å². The van der Waals surface area contributed by atoms with Crippen LogP contribution in [0, 0.1) is 0 Å². The Morgan fingerprint density at radius 1 is 0.882 bits per heavy atom. The molecule has 1 aromatic carbocycles. The van der Waals surface area contributed by atoms with E-state index in [0.717, 1.165) is 5.56 Å². The lowest BCUT2D eigenvalue weighted by Crippen LogP contribution is -2.26. The van der Waals surface area contributed by atoms with Crippen molar-refractivity contribution in [3.05, 3.63) is 35.4 Å². The highest BCUT2D eigenvalue weighted by Crippen LogP contribution is 2.30. The van der Waals surface area contributed by atoms with Gasteiger partial charge in [-0.3, -0.25) is 0 Å². The Labute approximate surface area is 105 Å². The van der Waals surface area contributed by atoms with Gasteiger partial charge in [0.05, 0.1) is 0 Å². The van der Waals surface area contributed by atoms with Crippen LogP contribution in [0.25, 0.3) is 0 Å². The van der Waals surface area contributed by atoms with Crippen molar-refractivity contribution >= 4 is 7.12 Å². The Morgan fingerprint density at radius 2 is 1.29 bits per heavy atom. The van der Waals surface area contributed by atoms with Crippen molar-refractivity contribution in [2.75, 3.05) is 0 Å². The minimum absolute atomic E-state index is 0.152. The average molecular weight is 234 g/mol. The van der Waals surface area contributed by atoms with Gasteiger partial charge in [-0.1, -0.05) is 58.9 Å². The molecule has 0 heterocycles. The van der Waals surface area contributed by atoms with Crippen molar-refractivity contribution < 1.29 is 10.0 Å². The Balaban J connectivity index is 2.94. The summed E-state index contributed by atoms with van der Waals surface area (Å²) < 4.78 is 0. The van der Waals surface area contributed by atoms with Crippen LogP contribution in [0.3, 0.4) is 0 Å². The summed E-state index contributed by atoms with van der Waals surface area (Å²) in [6, 6.07) is 8.42. The fourth-order valence-corrected chi connectivity index (χ4v) is 2.00. The highest BCUT2D eigenvalue weighted by atomic mass is 16.4. The predicted octanol–water partition coefficient (Wildman–Crippen LogP) is 2.73. The van der Waals surface area contributed by atoms with Gasteiger partial charge in [0.2, 0.25) is 0 Å². The predicted molar refractivity (Wildman–Crippen MR) is 73.2 cm³/mol. The molecule has 0 atom stereocenters. The molecule has 3 heteroatoms. The smallest absolute Gasteiger partial charge is 0.427 e. The summed E-state index contributed by atoms with van der Waals surface area (Å²) in [4.78, 5) is 0. The molecule has 17 heavy (non-hydrogen) atoms. The average Bonchev–Trinajstić information content (AvgIpc) is 2.14. The van der Waals surface area contributed by atoms with E-state index in [4.69, 9.17) is 10.0 Å². The van der Waals surface area contributed by atoms with Gasteiger partial charge < -0.3 is 10.0 Å². The first kappa shape index (κ1) is 14.3. The third kappa shape index (κ3) is 3.86. The first-order valence-corrected chi connectivity index (χ1v) is 6.10. The summed E-state index contributed by atoms with van der Waals surface area (Å²) in [5.74, 6) is 0. The summed E-state index contributed by atoms with van der Waals surface area (Å²) in [6.45, 7) is 10.6. The lowest BCUT2D eigenvalue weighted by molar-refractivity contribution is 0.382. The molecule has 0 bridgehead atoms. The number of benzene rings is 1. The second-order valence-electron chi connectivity index (χ2n) is 6.40. The van der Waals surface area contributed by atoms with Gasteiger partial charge in [-0.25, -0.2) is 0 Å². The van der Waals surface area contributed by atoms with Crippen LogP contribution in [0.15, 0.2) is 24.3 Å². The van der Waals surface area contributed by atoms with Crippen LogP contribution in [0.4, 0.5) is 0 Å². The second kappa shape index (κ2) is 4.83.